The minimum atomic E-state index is -0.181. The zero-order chi connectivity index (χ0) is 13.5. The summed E-state index contributed by atoms with van der Waals surface area (Å²) in [5.41, 5.74) is 13.8. The molecule has 0 spiro atoms. The second kappa shape index (κ2) is 8.62. The van der Waals surface area contributed by atoms with Crippen LogP contribution in [0.5, 0.6) is 0 Å². The number of carbonyl (C=O) groups is 1. The molecule has 0 unspecified atom stereocenters. The summed E-state index contributed by atoms with van der Waals surface area (Å²) in [4.78, 5) is 10.6. The number of hydrogen-bond acceptors (Lipinski definition) is 3. The Morgan fingerprint density at radius 2 is 1.21 bits per heavy atom. The molecule has 0 heterocycles. The van der Waals surface area contributed by atoms with Gasteiger partial charge in [-0.3, -0.25) is 0 Å². The normalized spacial score (nSPS) is 8.63. The zero-order valence-corrected chi connectivity index (χ0v) is 13.5. The van der Waals surface area contributed by atoms with E-state index in [1.54, 1.807) is 24.3 Å². The quantitative estimate of drug-likeness (QED) is 0.480. The number of hydrogen-bond donors (Lipinski definition) is 2. The van der Waals surface area contributed by atoms with Gasteiger partial charge >= 0.3 is 0 Å². The molecule has 2 aromatic rings. The van der Waals surface area contributed by atoms with Crippen LogP contribution in [0, 0.1) is 13.8 Å². The number of ketones is 1. The van der Waals surface area contributed by atoms with E-state index < -0.39 is 0 Å². The Hall–Kier alpha value is -1.45. The van der Waals surface area contributed by atoms with Crippen LogP contribution in [0.15, 0.2) is 48.5 Å². The summed E-state index contributed by atoms with van der Waals surface area (Å²) >= 11 is 0. The van der Waals surface area contributed by atoms with Crippen molar-refractivity contribution in [2.45, 2.75) is 0 Å². The molecule has 4 N–H and O–H groups in total. The second-order valence-electron chi connectivity index (χ2n) is 3.79. The van der Waals surface area contributed by atoms with Gasteiger partial charge in [0.15, 0.2) is 0 Å². The summed E-state index contributed by atoms with van der Waals surface area (Å²) in [5.74, 6) is -0.181. The van der Waals surface area contributed by atoms with Crippen molar-refractivity contribution in [2.24, 2.45) is 0 Å². The van der Waals surface area contributed by atoms with Crippen LogP contribution in [0.2, 0.25) is 0 Å². The van der Waals surface area contributed by atoms with Crippen molar-refractivity contribution in [3.8, 4) is 0 Å². The predicted molar refractivity (Wildman–Crippen MR) is 75.9 cm³/mol. The zero-order valence-electron chi connectivity index (χ0n) is 10.7. The van der Waals surface area contributed by atoms with E-state index in [0.29, 0.717) is 11.3 Å². The van der Waals surface area contributed by atoms with Crippen LogP contribution in [0.3, 0.4) is 0 Å². The standard InChI is InChI=1S/C8H8NO.C7H8N.Y/c1-6(10)7-2-4-8(9)5-3-7;1-6-2-4-7(8)5-3-6;/h2-5H,1,9H2;2-5H,1,8H2;/q2*-1;. The first-order valence-corrected chi connectivity index (χ1v) is 5.38. The molecule has 0 aliphatic heterocycles. The maximum absolute atomic E-state index is 10.6. The second-order valence-corrected chi connectivity index (χ2v) is 3.79. The summed E-state index contributed by atoms with van der Waals surface area (Å²) in [5, 5.41) is 0. The third-order valence-corrected chi connectivity index (χ3v) is 2.21. The first kappa shape index (κ1) is 17.6. The van der Waals surface area contributed by atoms with E-state index in [0.717, 1.165) is 11.3 Å². The molecule has 2 rings (SSSR count). The molecule has 0 amide bonds. The van der Waals surface area contributed by atoms with Gasteiger partial charge in [-0.25, -0.2) is 0 Å². The minimum Gasteiger partial charge on any atom is -0.400 e. The summed E-state index contributed by atoms with van der Waals surface area (Å²) in [6.45, 7) is 6.96. The van der Waals surface area contributed by atoms with Crippen molar-refractivity contribution in [2.75, 3.05) is 11.5 Å². The van der Waals surface area contributed by atoms with Gasteiger partial charge in [-0.2, -0.15) is 31.5 Å². The fourth-order valence-corrected chi connectivity index (χ4v) is 1.19. The van der Waals surface area contributed by atoms with E-state index in [4.69, 9.17) is 11.5 Å². The van der Waals surface area contributed by atoms with Crippen LogP contribution in [0.25, 0.3) is 0 Å². The molecule has 0 saturated heterocycles. The molecule has 1 radical (unpaired) electrons. The Kier molecular flexibility index (Phi) is 7.96. The van der Waals surface area contributed by atoms with Crippen LogP contribution in [0.1, 0.15) is 15.9 Å². The number of nitrogen functional groups attached to an aromatic ring is 2. The predicted octanol–water partition coefficient (Wildman–Crippen LogP) is 2.73. The van der Waals surface area contributed by atoms with E-state index in [1.165, 1.54) is 0 Å². The average Bonchev–Trinajstić information content (AvgIpc) is 2.34. The molecule has 0 aromatic heterocycles. The van der Waals surface area contributed by atoms with Crippen molar-refractivity contribution in [1.82, 2.24) is 0 Å². The number of carbonyl (C=O) groups excluding carboxylic acids is 1. The van der Waals surface area contributed by atoms with Gasteiger partial charge in [0.05, 0.1) is 0 Å². The smallest absolute Gasteiger partial charge is 0.0283 e. The van der Waals surface area contributed by atoms with E-state index in [9.17, 15) is 4.79 Å². The van der Waals surface area contributed by atoms with Crippen molar-refractivity contribution in [3.05, 3.63) is 73.5 Å². The van der Waals surface area contributed by atoms with Crippen molar-refractivity contribution in [3.63, 3.8) is 0 Å². The van der Waals surface area contributed by atoms with Gasteiger partial charge in [-0.15, -0.1) is 17.7 Å². The molecule has 0 atom stereocenters. The first-order chi connectivity index (χ1) is 8.49. The van der Waals surface area contributed by atoms with Crippen LogP contribution in [-0.4, -0.2) is 5.78 Å². The molecule has 0 aliphatic rings. The molecule has 0 aliphatic carbocycles. The van der Waals surface area contributed by atoms with Crippen LogP contribution in [-0.2, 0) is 32.7 Å². The molecule has 4 heteroatoms. The molecule has 0 fully saturated rings. The Labute approximate surface area is 139 Å². The number of rotatable bonds is 1. The third kappa shape index (κ3) is 6.89. The molecular formula is C15H16N2OY-2. The minimum absolute atomic E-state index is 0. The van der Waals surface area contributed by atoms with E-state index >= 15 is 0 Å². The van der Waals surface area contributed by atoms with Crippen LogP contribution in [0.4, 0.5) is 11.4 Å². The van der Waals surface area contributed by atoms with Crippen molar-refractivity contribution in [1.29, 1.82) is 0 Å². The molecule has 2 aromatic carbocycles. The fourth-order valence-electron chi connectivity index (χ4n) is 1.19. The average molecular weight is 329 g/mol. The first-order valence-electron chi connectivity index (χ1n) is 5.38. The summed E-state index contributed by atoms with van der Waals surface area (Å²) in [6.07, 6.45) is 0. The molecule has 97 valence electrons. The number of Topliss-reactive ketones (excluding diaryl/α,β-unsaturated/α-hetero) is 1. The van der Waals surface area contributed by atoms with Gasteiger partial charge in [0.25, 0.3) is 0 Å². The van der Waals surface area contributed by atoms with E-state index in [1.807, 2.05) is 24.3 Å². The number of nitrogens with two attached hydrogens (primary N) is 2. The third-order valence-electron chi connectivity index (χ3n) is 2.21. The molecule has 0 bridgehead atoms. The topological polar surface area (TPSA) is 69.1 Å². The van der Waals surface area contributed by atoms with Crippen molar-refractivity contribution >= 4 is 17.2 Å². The molecule has 3 nitrogen and oxygen atoms in total. The maximum atomic E-state index is 10.6. The SMILES string of the molecule is [CH2-]C(=O)c1ccc(N)cc1.[CH2-]c1ccc(N)cc1.[Y]. The van der Waals surface area contributed by atoms with Gasteiger partial charge < -0.3 is 16.3 Å². The Balaban J connectivity index is 0.000000331. The molecular weight excluding hydrogens is 313 g/mol. The van der Waals surface area contributed by atoms with Crippen molar-refractivity contribution < 1.29 is 37.5 Å². The Morgan fingerprint density at radius 3 is 1.53 bits per heavy atom. The Bertz CT molecular complexity index is 486. The monoisotopic (exact) mass is 329 g/mol. The summed E-state index contributed by atoms with van der Waals surface area (Å²) < 4.78 is 0. The van der Waals surface area contributed by atoms with Gasteiger partial charge in [-0.1, -0.05) is 24.3 Å². The molecule has 19 heavy (non-hydrogen) atoms. The molecule has 0 saturated carbocycles. The van der Waals surface area contributed by atoms with E-state index in [-0.39, 0.29) is 38.5 Å². The van der Waals surface area contributed by atoms with Gasteiger partial charge in [0, 0.05) is 49.9 Å². The number of anilines is 2. The summed E-state index contributed by atoms with van der Waals surface area (Å²) in [6, 6.07) is 14.1. The number of benzene rings is 2. The fraction of sp³-hybridized carbons (Fsp3) is 0. The van der Waals surface area contributed by atoms with Gasteiger partial charge in [0.2, 0.25) is 0 Å². The van der Waals surface area contributed by atoms with Crippen LogP contribution < -0.4 is 11.5 Å². The Morgan fingerprint density at radius 1 is 0.842 bits per heavy atom. The van der Waals surface area contributed by atoms with E-state index in [2.05, 4.69) is 13.8 Å². The van der Waals surface area contributed by atoms with Crippen LogP contribution >= 0.6 is 0 Å². The summed E-state index contributed by atoms with van der Waals surface area (Å²) in [7, 11) is 0. The largest absolute Gasteiger partial charge is 0.400 e. The van der Waals surface area contributed by atoms with Gasteiger partial charge in [0.1, 0.15) is 0 Å². The maximum Gasteiger partial charge on any atom is 0.0283 e. The van der Waals surface area contributed by atoms with Gasteiger partial charge in [-0.05, 0) is 0 Å².